The number of aromatic nitrogens is 2. The van der Waals surface area contributed by atoms with Gasteiger partial charge in [-0.15, -0.1) is 13.2 Å². The van der Waals surface area contributed by atoms with E-state index in [0.29, 0.717) is 0 Å². The van der Waals surface area contributed by atoms with Crippen molar-refractivity contribution in [3.05, 3.63) is 10.7 Å². The highest BCUT2D eigenvalue weighted by Crippen LogP contribution is 2.28. The maximum atomic E-state index is 11.7. The first kappa shape index (κ1) is 9.37. The van der Waals surface area contributed by atoms with Gasteiger partial charge in [-0.3, -0.25) is 0 Å². The first-order valence-electron chi connectivity index (χ1n) is 2.76. The predicted octanol–water partition coefficient (Wildman–Crippen LogP) is 1.88. The quantitative estimate of drug-likeness (QED) is 0.754. The molecule has 0 amide bonds. The van der Waals surface area contributed by atoms with E-state index in [0.717, 1.165) is 4.68 Å². The summed E-state index contributed by atoms with van der Waals surface area (Å²) in [6.07, 6.45) is -2.44. The van der Waals surface area contributed by atoms with E-state index < -0.39 is 12.2 Å². The summed E-state index contributed by atoms with van der Waals surface area (Å²) in [5.41, 5.74) is 0. The molecule has 0 aliphatic carbocycles. The van der Waals surface area contributed by atoms with Gasteiger partial charge in [0.25, 0.3) is 0 Å². The van der Waals surface area contributed by atoms with Crippen LogP contribution in [0.3, 0.4) is 0 Å². The van der Waals surface area contributed by atoms with Gasteiger partial charge in [0.15, 0.2) is 0 Å². The van der Waals surface area contributed by atoms with Crippen molar-refractivity contribution >= 4 is 15.9 Å². The predicted molar refractivity (Wildman–Crippen MR) is 36.4 cm³/mol. The maximum absolute atomic E-state index is 11.7. The first-order chi connectivity index (χ1) is 5.40. The molecule has 0 aliphatic rings. The lowest BCUT2D eigenvalue weighted by Gasteiger charge is -2.08. The van der Waals surface area contributed by atoms with Crippen LogP contribution in [0.2, 0.25) is 0 Å². The normalized spacial score (nSPS) is 11.8. The number of ether oxygens (including phenoxy) is 1. The Morgan fingerprint density at radius 3 is 2.50 bits per heavy atom. The van der Waals surface area contributed by atoms with Crippen LogP contribution in [0.25, 0.3) is 0 Å². The van der Waals surface area contributed by atoms with Gasteiger partial charge in [0.05, 0.1) is 0 Å². The second-order valence-electron chi connectivity index (χ2n) is 1.90. The van der Waals surface area contributed by atoms with Gasteiger partial charge < -0.3 is 4.74 Å². The molecule has 0 fully saturated rings. The highest BCUT2D eigenvalue weighted by atomic mass is 79.9. The lowest BCUT2D eigenvalue weighted by atomic mass is 10.7. The first-order valence-corrected chi connectivity index (χ1v) is 3.55. The summed E-state index contributed by atoms with van der Waals surface area (Å²) in [4.78, 5) is 0. The molecular formula is C5H3BrF3N2O. The Bertz CT molecular complexity index is 263. The molecule has 0 bridgehead atoms. The molecule has 0 aliphatic heterocycles. The minimum Gasteiger partial charge on any atom is -0.387 e. The van der Waals surface area contributed by atoms with Crippen molar-refractivity contribution in [2.75, 3.05) is 0 Å². The maximum Gasteiger partial charge on any atom is 0.574 e. The van der Waals surface area contributed by atoms with Gasteiger partial charge in [0.1, 0.15) is 10.7 Å². The molecule has 3 nitrogen and oxygen atoms in total. The summed E-state index contributed by atoms with van der Waals surface area (Å²) in [6, 6.07) is 0. The zero-order valence-corrected chi connectivity index (χ0v) is 7.40. The Morgan fingerprint density at radius 2 is 2.17 bits per heavy atom. The number of hydrogen-bond donors (Lipinski definition) is 0. The summed E-state index contributed by atoms with van der Waals surface area (Å²) < 4.78 is 39.6. The summed E-state index contributed by atoms with van der Waals surface area (Å²) >= 11 is 2.81. The van der Waals surface area contributed by atoms with Crippen molar-refractivity contribution in [3.8, 4) is 5.88 Å². The standard InChI is InChI=1S/C5H3BrF3N2O/c1-11-4(3(6)2-10-11)12-5(7,8)9/h1H3. The Hall–Kier alpha value is -0.720. The minimum atomic E-state index is -4.70. The lowest BCUT2D eigenvalue weighted by molar-refractivity contribution is -0.277. The Morgan fingerprint density at radius 1 is 1.58 bits per heavy atom. The van der Waals surface area contributed by atoms with Crippen LogP contribution in [0, 0.1) is 6.20 Å². The number of rotatable bonds is 1. The van der Waals surface area contributed by atoms with Gasteiger partial charge in [-0.25, -0.2) is 4.68 Å². The van der Waals surface area contributed by atoms with Crippen molar-refractivity contribution in [2.45, 2.75) is 6.36 Å². The van der Waals surface area contributed by atoms with Gasteiger partial charge >= 0.3 is 6.36 Å². The van der Waals surface area contributed by atoms with Gasteiger partial charge in [0, 0.05) is 7.05 Å². The topological polar surface area (TPSA) is 27.1 Å². The number of aryl methyl sites for hydroxylation is 1. The molecule has 0 spiro atoms. The van der Waals surface area contributed by atoms with Crippen molar-refractivity contribution in [1.29, 1.82) is 0 Å². The molecule has 67 valence electrons. The third-order valence-electron chi connectivity index (χ3n) is 0.992. The van der Waals surface area contributed by atoms with Crippen LogP contribution >= 0.6 is 15.9 Å². The summed E-state index contributed by atoms with van der Waals surface area (Å²) in [6.45, 7) is 0. The van der Waals surface area contributed by atoms with Crippen LogP contribution in [0.1, 0.15) is 0 Å². The number of nitrogens with zero attached hydrogens (tertiary/aromatic N) is 2. The lowest BCUT2D eigenvalue weighted by Crippen LogP contribution is -2.19. The molecule has 0 atom stereocenters. The summed E-state index contributed by atoms with van der Waals surface area (Å²) in [7, 11) is 1.32. The molecule has 0 saturated heterocycles. The molecule has 1 aromatic heterocycles. The summed E-state index contributed by atoms with van der Waals surface area (Å²) in [5, 5.41) is 3.42. The third kappa shape index (κ3) is 2.13. The van der Waals surface area contributed by atoms with E-state index >= 15 is 0 Å². The largest absolute Gasteiger partial charge is 0.574 e. The SMILES string of the molecule is Cn1n[c]c(Br)c1OC(F)(F)F. The minimum absolute atomic E-state index is 0.0438. The molecule has 0 aromatic carbocycles. The molecule has 1 rings (SSSR count). The van der Waals surface area contributed by atoms with Crippen LogP contribution in [-0.4, -0.2) is 16.1 Å². The average molecular weight is 244 g/mol. The van der Waals surface area contributed by atoms with Crippen LogP contribution < -0.4 is 4.74 Å². The Labute approximate surface area is 74.2 Å². The smallest absolute Gasteiger partial charge is 0.387 e. The van der Waals surface area contributed by atoms with E-state index in [2.05, 4.69) is 32.0 Å². The van der Waals surface area contributed by atoms with Gasteiger partial charge in [0.2, 0.25) is 5.88 Å². The van der Waals surface area contributed by atoms with Crippen molar-refractivity contribution in [3.63, 3.8) is 0 Å². The molecule has 1 aromatic rings. The zero-order chi connectivity index (χ0) is 9.35. The number of alkyl halides is 3. The summed E-state index contributed by atoms with van der Waals surface area (Å²) in [5.74, 6) is -0.414. The zero-order valence-electron chi connectivity index (χ0n) is 5.81. The molecule has 0 N–H and O–H groups in total. The van der Waals surface area contributed by atoms with Crippen LogP contribution in [-0.2, 0) is 7.05 Å². The van der Waals surface area contributed by atoms with Crippen LogP contribution in [0.5, 0.6) is 5.88 Å². The third-order valence-corrected chi connectivity index (χ3v) is 1.51. The van der Waals surface area contributed by atoms with Crippen LogP contribution in [0.4, 0.5) is 13.2 Å². The molecule has 7 heteroatoms. The van der Waals surface area contributed by atoms with Gasteiger partial charge in [-0.2, -0.15) is 5.10 Å². The van der Waals surface area contributed by atoms with Crippen molar-refractivity contribution < 1.29 is 17.9 Å². The molecule has 0 saturated carbocycles. The van der Waals surface area contributed by atoms with Gasteiger partial charge in [-0.1, -0.05) is 0 Å². The molecule has 12 heavy (non-hydrogen) atoms. The second kappa shape index (κ2) is 2.96. The van der Waals surface area contributed by atoms with Gasteiger partial charge in [-0.05, 0) is 15.9 Å². The van der Waals surface area contributed by atoms with E-state index in [1.54, 1.807) is 0 Å². The van der Waals surface area contributed by atoms with E-state index in [-0.39, 0.29) is 4.47 Å². The van der Waals surface area contributed by atoms with E-state index in [4.69, 9.17) is 0 Å². The molecule has 1 radical (unpaired) electrons. The highest BCUT2D eigenvalue weighted by molar-refractivity contribution is 9.10. The van der Waals surface area contributed by atoms with Crippen molar-refractivity contribution in [1.82, 2.24) is 9.78 Å². The number of halogens is 4. The molecule has 1 heterocycles. The monoisotopic (exact) mass is 243 g/mol. The van der Waals surface area contributed by atoms with Crippen LogP contribution in [0.15, 0.2) is 4.47 Å². The van der Waals surface area contributed by atoms with E-state index in [1.165, 1.54) is 7.05 Å². The Balaban J connectivity index is 2.88. The average Bonchev–Trinajstić information content (AvgIpc) is 2.16. The van der Waals surface area contributed by atoms with Crippen molar-refractivity contribution in [2.24, 2.45) is 7.05 Å². The highest BCUT2D eigenvalue weighted by Gasteiger charge is 2.33. The fraction of sp³-hybridized carbons (Fsp3) is 0.400. The van der Waals surface area contributed by atoms with E-state index in [9.17, 15) is 13.2 Å². The fourth-order valence-corrected chi connectivity index (χ4v) is 0.992. The number of hydrogen-bond acceptors (Lipinski definition) is 2. The fourth-order valence-electron chi connectivity index (χ4n) is 0.575. The second-order valence-corrected chi connectivity index (χ2v) is 2.70. The molecule has 0 unspecified atom stereocenters. The van der Waals surface area contributed by atoms with E-state index in [1.807, 2.05) is 0 Å². The Kier molecular flexibility index (Phi) is 2.31. The molecular weight excluding hydrogens is 241 g/mol.